The van der Waals surface area contributed by atoms with E-state index in [4.69, 9.17) is 5.11 Å². The van der Waals surface area contributed by atoms with Gasteiger partial charge in [0.1, 0.15) is 0 Å². The van der Waals surface area contributed by atoms with Gasteiger partial charge in [-0.1, -0.05) is 12.2 Å². The number of likely N-dealkylation sites (tertiary alicyclic amines) is 1. The van der Waals surface area contributed by atoms with E-state index in [1.165, 1.54) is 0 Å². The van der Waals surface area contributed by atoms with Gasteiger partial charge in [-0.05, 0) is 38.8 Å². The first-order valence-corrected chi connectivity index (χ1v) is 7.21. The summed E-state index contributed by atoms with van der Waals surface area (Å²) in [4.78, 5) is 24.9. The maximum atomic E-state index is 12.2. The number of rotatable bonds is 4. The third-order valence-electron chi connectivity index (χ3n) is 4.01. The molecule has 6 heteroatoms. The average Bonchev–Trinajstić information content (AvgIpc) is 2.88. The molecule has 3 unspecified atom stereocenters. The molecule has 1 saturated heterocycles. The Labute approximate surface area is 119 Å². The van der Waals surface area contributed by atoms with E-state index in [9.17, 15) is 9.59 Å². The molecule has 2 rings (SSSR count). The Balaban J connectivity index is 1.80. The number of nitrogens with one attached hydrogen (secondary N) is 2. The van der Waals surface area contributed by atoms with E-state index in [2.05, 4.69) is 10.6 Å². The van der Waals surface area contributed by atoms with Crippen molar-refractivity contribution in [1.82, 2.24) is 15.5 Å². The maximum Gasteiger partial charge on any atom is 0.317 e. The van der Waals surface area contributed by atoms with Gasteiger partial charge in [0, 0.05) is 13.1 Å². The molecule has 0 bridgehead atoms. The SMILES string of the molecule is CNCC1CCCN(C(=O)NC2C=CC(C(=O)O)C2)C1. The Morgan fingerprint density at radius 3 is 2.85 bits per heavy atom. The quantitative estimate of drug-likeness (QED) is 0.661. The van der Waals surface area contributed by atoms with Crippen LogP contribution in [0.3, 0.4) is 0 Å². The highest BCUT2D eigenvalue weighted by Gasteiger charge is 2.28. The van der Waals surface area contributed by atoms with Crippen molar-refractivity contribution in [2.45, 2.75) is 25.3 Å². The molecule has 1 aliphatic heterocycles. The fourth-order valence-electron chi connectivity index (χ4n) is 2.94. The normalized spacial score (nSPS) is 29.4. The van der Waals surface area contributed by atoms with E-state index in [1.54, 1.807) is 12.2 Å². The third kappa shape index (κ3) is 3.72. The minimum atomic E-state index is -0.829. The second-order valence-corrected chi connectivity index (χ2v) is 5.63. The van der Waals surface area contributed by atoms with E-state index in [-0.39, 0.29) is 12.1 Å². The molecule has 0 aromatic rings. The molecule has 6 nitrogen and oxygen atoms in total. The molecular formula is C14H23N3O3. The van der Waals surface area contributed by atoms with Crippen LogP contribution in [0.2, 0.25) is 0 Å². The molecular weight excluding hydrogens is 258 g/mol. The van der Waals surface area contributed by atoms with Crippen molar-refractivity contribution in [2.24, 2.45) is 11.8 Å². The number of urea groups is 1. The molecule has 3 N–H and O–H groups in total. The summed E-state index contributed by atoms with van der Waals surface area (Å²) < 4.78 is 0. The first kappa shape index (κ1) is 14.8. The van der Waals surface area contributed by atoms with Gasteiger partial charge in [-0.15, -0.1) is 0 Å². The van der Waals surface area contributed by atoms with Crippen molar-refractivity contribution in [1.29, 1.82) is 0 Å². The van der Waals surface area contributed by atoms with Gasteiger partial charge in [0.15, 0.2) is 0 Å². The van der Waals surface area contributed by atoms with Crippen LogP contribution in [-0.4, -0.2) is 54.7 Å². The highest BCUT2D eigenvalue weighted by Crippen LogP contribution is 2.19. The summed E-state index contributed by atoms with van der Waals surface area (Å²) in [5, 5.41) is 15.0. The molecule has 0 radical (unpaired) electrons. The lowest BCUT2D eigenvalue weighted by Crippen LogP contribution is -2.49. The standard InChI is InChI=1S/C14H23N3O3/c1-15-8-10-3-2-6-17(9-10)14(20)16-12-5-4-11(7-12)13(18)19/h4-5,10-12,15H,2-3,6-9H2,1H3,(H,16,20)(H,18,19). The lowest BCUT2D eigenvalue weighted by atomic mass is 9.98. The first-order valence-electron chi connectivity index (χ1n) is 7.21. The zero-order valence-corrected chi connectivity index (χ0v) is 11.8. The summed E-state index contributed by atoms with van der Waals surface area (Å²) in [6, 6.07) is -0.236. The largest absolute Gasteiger partial charge is 0.481 e. The summed E-state index contributed by atoms with van der Waals surface area (Å²) >= 11 is 0. The number of piperidine rings is 1. The van der Waals surface area contributed by atoms with Gasteiger partial charge in [0.2, 0.25) is 0 Å². The minimum Gasteiger partial charge on any atom is -0.481 e. The molecule has 3 atom stereocenters. The second-order valence-electron chi connectivity index (χ2n) is 5.63. The van der Waals surface area contributed by atoms with Crippen molar-refractivity contribution >= 4 is 12.0 Å². The number of nitrogens with zero attached hydrogens (tertiary/aromatic N) is 1. The summed E-state index contributed by atoms with van der Waals surface area (Å²) in [5.41, 5.74) is 0. The maximum absolute atomic E-state index is 12.2. The van der Waals surface area contributed by atoms with Gasteiger partial charge in [0.25, 0.3) is 0 Å². The summed E-state index contributed by atoms with van der Waals surface area (Å²) in [6.45, 7) is 2.48. The Bertz CT molecular complexity index is 395. The van der Waals surface area contributed by atoms with E-state index < -0.39 is 11.9 Å². The van der Waals surface area contributed by atoms with Crippen LogP contribution in [0, 0.1) is 11.8 Å². The van der Waals surface area contributed by atoms with E-state index >= 15 is 0 Å². The Morgan fingerprint density at radius 1 is 1.40 bits per heavy atom. The topological polar surface area (TPSA) is 81.7 Å². The van der Waals surface area contributed by atoms with Gasteiger partial charge in [0.05, 0.1) is 12.0 Å². The lowest BCUT2D eigenvalue weighted by molar-refractivity contribution is -0.140. The zero-order chi connectivity index (χ0) is 14.5. The highest BCUT2D eigenvalue weighted by atomic mass is 16.4. The van der Waals surface area contributed by atoms with Crippen LogP contribution in [0.5, 0.6) is 0 Å². The van der Waals surface area contributed by atoms with Crippen LogP contribution in [0.15, 0.2) is 12.2 Å². The van der Waals surface area contributed by atoms with Crippen molar-refractivity contribution in [3.63, 3.8) is 0 Å². The Morgan fingerprint density at radius 2 is 2.20 bits per heavy atom. The Kier molecular flexibility index (Phi) is 5.00. The number of hydrogen-bond donors (Lipinski definition) is 3. The monoisotopic (exact) mass is 281 g/mol. The molecule has 2 amide bonds. The van der Waals surface area contributed by atoms with Crippen LogP contribution >= 0.6 is 0 Å². The van der Waals surface area contributed by atoms with Crippen LogP contribution in [0.4, 0.5) is 4.79 Å². The fraction of sp³-hybridized carbons (Fsp3) is 0.714. The zero-order valence-electron chi connectivity index (χ0n) is 11.8. The average molecular weight is 281 g/mol. The lowest BCUT2D eigenvalue weighted by Gasteiger charge is -2.33. The Hall–Kier alpha value is -1.56. The van der Waals surface area contributed by atoms with Gasteiger partial charge in [-0.25, -0.2) is 4.79 Å². The molecule has 112 valence electrons. The third-order valence-corrected chi connectivity index (χ3v) is 4.01. The molecule has 1 heterocycles. The van der Waals surface area contributed by atoms with Crippen LogP contribution in [0.1, 0.15) is 19.3 Å². The van der Waals surface area contributed by atoms with Gasteiger partial charge < -0.3 is 20.6 Å². The molecule has 0 spiro atoms. The van der Waals surface area contributed by atoms with Gasteiger partial charge >= 0.3 is 12.0 Å². The molecule has 0 aromatic carbocycles. The molecule has 0 saturated carbocycles. The number of carboxylic acids is 1. The van der Waals surface area contributed by atoms with E-state index in [1.807, 2.05) is 11.9 Å². The number of carboxylic acid groups (broad SMARTS) is 1. The molecule has 2 aliphatic rings. The van der Waals surface area contributed by atoms with E-state index in [0.717, 1.165) is 32.5 Å². The van der Waals surface area contributed by atoms with Crippen molar-refractivity contribution in [2.75, 3.05) is 26.7 Å². The van der Waals surface area contributed by atoms with Gasteiger partial charge in [-0.3, -0.25) is 4.79 Å². The number of aliphatic carboxylic acids is 1. The first-order chi connectivity index (χ1) is 9.60. The van der Waals surface area contributed by atoms with Gasteiger partial charge in [-0.2, -0.15) is 0 Å². The minimum absolute atomic E-state index is 0.0773. The summed E-state index contributed by atoms with van der Waals surface area (Å²) in [5.74, 6) is -0.797. The predicted molar refractivity (Wildman–Crippen MR) is 75.4 cm³/mol. The van der Waals surface area contributed by atoms with Crippen molar-refractivity contribution in [3.8, 4) is 0 Å². The number of carbonyl (C=O) groups excluding carboxylic acids is 1. The van der Waals surface area contributed by atoms with Crippen molar-refractivity contribution in [3.05, 3.63) is 12.2 Å². The number of hydrogen-bond acceptors (Lipinski definition) is 3. The van der Waals surface area contributed by atoms with Crippen molar-refractivity contribution < 1.29 is 14.7 Å². The second kappa shape index (κ2) is 6.74. The molecule has 1 fully saturated rings. The summed E-state index contributed by atoms with van der Waals surface area (Å²) in [7, 11) is 1.92. The number of amides is 2. The fourth-order valence-corrected chi connectivity index (χ4v) is 2.94. The summed E-state index contributed by atoms with van der Waals surface area (Å²) in [6.07, 6.45) is 6.07. The molecule has 0 aromatic heterocycles. The smallest absolute Gasteiger partial charge is 0.317 e. The van der Waals surface area contributed by atoms with E-state index in [0.29, 0.717) is 12.3 Å². The highest BCUT2D eigenvalue weighted by molar-refractivity contribution is 5.76. The number of carbonyl (C=O) groups is 2. The van der Waals surface area contributed by atoms with Crippen LogP contribution < -0.4 is 10.6 Å². The molecule has 1 aliphatic carbocycles. The predicted octanol–water partition coefficient (Wildman–Crippen LogP) is 0.657. The van der Waals surface area contributed by atoms with Crippen LogP contribution in [0.25, 0.3) is 0 Å². The molecule has 20 heavy (non-hydrogen) atoms. The van der Waals surface area contributed by atoms with Crippen LogP contribution in [-0.2, 0) is 4.79 Å².